The molecule has 0 radical (unpaired) electrons. The molecule has 2 aliphatic heterocycles. The molecule has 14 heteroatoms. The summed E-state index contributed by atoms with van der Waals surface area (Å²) in [5.74, 6) is 1.23. The maximum atomic E-state index is 14.2. The van der Waals surface area contributed by atoms with E-state index in [2.05, 4.69) is 51.9 Å². The van der Waals surface area contributed by atoms with Crippen LogP contribution < -0.4 is 20.3 Å². The van der Waals surface area contributed by atoms with Crippen LogP contribution in [0, 0.1) is 17.2 Å². The zero-order valence-electron chi connectivity index (χ0n) is 30.4. The van der Waals surface area contributed by atoms with E-state index >= 15 is 0 Å². The van der Waals surface area contributed by atoms with Crippen LogP contribution in [0.15, 0.2) is 34.8 Å². The third kappa shape index (κ3) is 8.28. The highest BCUT2D eigenvalue weighted by atomic mass is 35.5. The molecule has 0 atom stereocenters. The Bertz CT molecular complexity index is 1840. The number of carbonyl (C=O) groups excluding carboxylic acids is 1. The molecule has 2 saturated heterocycles. The molecule has 2 aliphatic rings. The maximum Gasteiger partial charge on any atom is 0.264 e. The smallest absolute Gasteiger partial charge is 0.264 e. The number of halogens is 2. The normalized spacial score (nSPS) is 16.7. The first-order valence-electron chi connectivity index (χ1n) is 17.5. The number of piperazine rings is 1. The Morgan fingerprint density at radius 1 is 1.08 bits per heavy atom. The molecule has 0 unspecified atom stereocenters. The average molecular weight is 740 g/mol. The van der Waals surface area contributed by atoms with Gasteiger partial charge in [-0.3, -0.25) is 19.1 Å². The number of nitrogens with one attached hydrogen (secondary N) is 1. The second-order valence-electron chi connectivity index (χ2n) is 13.6. The van der Waals surface area contributed by atoms with E-state index in [-0.39, 0.29) is 32.6 Å². The van der Waals surface area contributed by atoms with Crippen molar-refractivity contribution >= 4 is 46.1 Å². The van der Waals surface area contributed by atoms with Crippen molar-refractivity contribution in [3.63, 3.8) is 0 Å². The Labute approximate surface area is 309 Å². The molecule has 2 fully saturated rings. The second-order valence-corrected chi connectivity index (χ2v) is 14.4. The summed E-state index contributed by atoms with van der Waals surface area (Å²) in [6.07, 6.45) is 6.73. The molecular weight excluding hydrogens is 691 g/mol. The number of hydrogen-bond acceptors (Lipinski definition) is 10. The van der Waals surface area contributed by atoms with Crippen LogP contribution in [0.1, 0.15) is 46.5 Å². The highest BCUT2D eigenvalue weighted by Gasteiger charge is 2.32. The van der Waals surface area contributed by atoms with Crippen LogP contribution in [-0.2, 0) is 11.3 Å². The number of anilines is 1. The van der Waals surface area contributed by atoms with Crippen LogP contribution in [0.5, 0.6) is 11.5 Å². The van der Waals surface area contributed by atoms with Gasteiger partial charge in [0.15, 0.2) is 0 Å². The number of ether oxygens (including phenoxy) is 2. The number of amides is 1. The number of nitrogens with zero attached hydrogens (tertiary/aromatic N) is 7. The quantitative estimate of drug-likeness (QED) is 0.182. The van der Waals surface area contributed by atoms with E-state index in [0.29, 0.717) is 66.0 Å². The Morgan fingerprint density at radius 2 is 1.73 bits per heavy atom. The molecule has 0 aliphatic carbocycles. The molecule has 0 saturated carbocycles. The molecule has 5 rings (SSSR count). The lowest BCUT2D eigenvalue weighted by molar-refractivity contribution is -0.128. The van der Waals surface area contributed by atoms with Gasteiger partial charge in [0.05, 0.1) is 29.8 Å². The van der Waals surface area contributed by atoms with Crippen molar-refractivity contribution in [1.29, 1.82) is 5.26 Å². The molecule has 1 amide bonds. The number of nitriles is 1. The van der Waals surface area contributed by atoms with Gasteiger partial charge in [0, 0.05) is 81.6 Å². The van der Waals surface area contributed by atoms with Crippen molar-refractivity contribution in [2.75, 3.05) is 72.4 Å². The zero-order valence-corrected chi connectivity index (χ0v) is 31.9. The molecular formula is C37H48Cl2N8O4. The van der Waals surface area contributed by atoms with Crippen LogP contribution in [0.2, 0.25) is 10.0 Å². The van der Waals surface area contributed by atoms with E-state index in [1.807, 2.05) is 11.0 Å². The van der Waals surface area contributed by atoms with Crippen LogP contribution in [0.25, 0.3) is 22.2 Å². The van der Waals surface area contributed by atoms with Crippen molar-refractivity contribution in [2.45, 2.75) is 58.5 Å². The number of methoxy groups -OCH3 is 2. The first-order chi connectivity index (χ1) is 24.5. The SMILES string of the molecule is CCN1CCN(C(C)(C)C=C(C#N)C(=O)N2CCC(CCCn3c(=O)c(-c4c(Cl)c(OC)cc(OC)c4Cl)cc4cnc(NC)nc43)CC2)CC1. The lowest BCUT2D eigenvalue weighted by atomic mass is 9.91. The Hall–Kier alpha value is -3.89. The molecule has 0 spiro atoms. The third-order valence-electron chi connectivity index (χ3n) is 10.3. The van der Waals surface area contributed by atoms with Crippen molar-refractivity contribution in [1.82, 2.24) is 29.2 Å². The number of benzene rings is 1. The van der Waals surface area contributed by atoms with E-state index in [1.165, 1.54) is 14.2 Å². The number of likely N-dealkylation sites (N-methyl/N-ethyl adjacent to an activating group) is 1. The molecule has 51 heavy (non-hydrogen) atoms. The minimum atomic E-state index is -0.396. The highest BCUT2D eigenvalue weighted by molar-refractivity contribution is 6.41. The van der Waals surface area contributed by atoms with Crippen LogP contribution in [-0.4, -0.2) is 108 Å². The van der Waals surface area contributed by atoms with Gasteiger partial charge in [0.25, 0.3) is 11.5 Å². The van der Waals surface area contributed by atoms with Crippen LogP contribution in [0.4, 0.5) is 5.95 Å². The van der Waals surface area contributed by atoms with Gasteiger partial charge < -0.3 is 24.6 Å². The van der Waals surface area contributed by atoms with Gasteiger partial charge in [0.2, 0.25) is 5.95 Å². The van der Waals surface area contributed by atoms with Crippen LogP contribution >= 0.6 is 23.2 Å². The highest BCUT2D eigenvalue weighted by Crippen LogP contribution is 2.45. The summed E-state index contributed by atoms with van der Waals surface area (Å²) in [5.41, 5.74) is 0.616. The number of carbonyl (C=O) groups is 1. The minimum absolute atomic E-state index is 0.197. The summed E-state index contributed by atoms with van der Waals surface area (Å²) in [4.78, 5) is 43.3. The first kappa shape index (κ1) is 38.3. The number of likely N-dealkylation sites (tertiary alicyclic amines) is 1. The van der Waals surface area contributed by atoms with E-state index in [4.69, 9.17) is 32.7 Å². The summed E-state index contributed by atoms with van der Waals surface area (Å²) >= 11 is 13.5. The Morgan fingerprint density at radius 3 is 2.29 bits per heavy atom. The first-order valence-corrected chi connectivity index (χ1v) is 18.3. The zero-order chi connectivity index (χ0) is 36.9. The standard InChI is InChI=1S/C37H48Cl2N8O4/c1-7-44-15-17-46(18-16-44)37(2,3)21-26(22-40)34(48)45-13-10-24(11-14-45)9-8-12-47-33-25(23-42-36(41-4)43-33)19-27(35(47)49)30-31(38)28(50-5)20-29(51-6)32(30)39/h19-21,23-24H,7-18H2,1-6H3,(H,41,42,43). The number of rotatable bonds is 12. The second kappa shape index (κ2) is 16.6. The van der Waals surface area contributed by atoms with Crippen molar-refractivity contribution in [3.05, 3.63) is 50.4 Å². The lowest BCUT2D eigenvalue weighted by Gasteiger charge is -2.42. The van der Waals surface area contributed by atoms with E-state index < -0.39 is 5.54 Å². The number of hydrogen-bond donors (Lipinski definition) is 1. The summed E-state index contributed by atoms with van der Waals surface area (Å²) in [6.45, 7) is 12.7. The maximum absolute atomic E-state index is 14.2. The van der Waals surface area contributed by atoms with Gasteiger partial charge in [-0.25, -0.2) is 4.98 Å². The molecule has 2 aromatic heterocycles. The van der Waals surface area contributed by atoms with Gasteiger partial charge in [-0.1, -0.05) is 30.1 Å². The van der Waals surface area contributed by atoms with Crippen molar-refractivity contribution < 1.29 is 14.3 Å². The van der Waals surface area contributed by atoms with Crippen molar-refractivity contribution in [3.8, 4) is 28.7 Å². The topological polar surface area (TPSA) is 129 Å². The Kier molecular flexibility index (Phi) is 12.5. The van der Waals surface area contributed by atoms with Gasteiger partial charge in [-0.05, 0) is 64.1 Å². The minimum Gasteiger partial charge on any atom is -0.495 e. The third-order valence-corrected chi connectivity index (χ3v) is 11.0. The fourth-order valence-corrected chi connectivity index (χ4v) is 7.85. The molecule has 4 heterocycles. The molecule has 3 aromatic rings. The van der Waals surface area contributed by atoms with Gasteiger partial charge in [-0.15, -0.1) is 0 Å². The predicted octanol–water partition coefficient (Wildman–Crippen LogP) is 5.71. The molecule has 274 valence electrons. The number of fused-ring (bicyclic) bond motifs is 1. The number of aromatic nitrogens is 3. The fourth-order valence-electron chi connectivity index (χ4n) is 7.15. The molecule has 12 nitrogen and oxygen atoms in total. The van der Waals surface area contributed by atoms with Crippen LogP contribution in [0.3, 0.4) is 0 Å². The molecule has 0 bridgehead atoms. The number of aryl methyl sites for hydroxylation is 1. The van der Waals surface area contributed by atoms with E-state index in [0.717, 1.165) is 52.0 Å². The largest absolute Gasteiger partial charge is 0.495 e. The lowest BCUT2D eigenvalue weighted by Crippen LogP contribution is -2.54. The van der Waals surface area contributed by atoms with E-state index in [1.54, 1.807) is 29.9 Å². The van der Waals surface area contributed by atoms with E-state index in [9.17, 15) is 14.9 Å². The van der Waals surface area contributed by atoms with Gasteiger partial charge in [-0.2, -0.15) is 10.2 Å². The Balaban J connectivity index is 1.29. The number of piperidine rings is 1. The molecule has 1 N–H and O–H groups in total. The summed E-state index contributed by atoms with van der Waals surface area (Å²) in [5, 5.41) is 14.0. The summed E-state index contributed by atoms with van der Waals surface area (Å²) in [7, 11) is 4.70. The number of pyridine rings is 1. The average Bonchev–Trinajstić information content (AvgIpc) is 3.15. The molecule has 1 aromatic carbocycles. The van der Waals surface area contributed by atoms with Crippen molar-refractivity contribution in [2.24, 2.45) is 5.92 Å². The van der Waals surface area contributed by atoms with Gasteiger partial charge in [0.1, 0.15) is 28.8 Å². The predicted molar refractivity (Wildman–Crippen MR) is 202 cm³/mol. The fraction of sp³-hybridized carbons (Fsp3) is 0.541. The summed E-state index contributed by atoms with van der Waals surface area (Å²) in [6, 6.07) is 5.48. The monoisotopic (exact) mass is 738 g/mol. The summed E-state index contributed by atoms with van der Waals surface area (Å²) < 4.78 is 12.6. The van der Waals surface area contributed by atoms with Gasteiger partial charge >= 0.3 is 0 Å².